The number of fused-ring (bicyclic) bond motifs is 1. The van der Waals surface area contributed by atoms with Crippen molar-refractivity contribution in [2.24, 2.45) is 0 Å². The SMILES string of the molecule is [CH]1CCN(c2nc3ccccc3s2)CC1. The highest BCUT2D eigenvalue weighted by Crippen LogP contribution is 2.29. The second kappa shape index (κ2) is 3.81. The molecule has 0 saturated carbocycles. The van der Waals surface area contributed by atoms with E-state index in [9.17, 15) is 0 Å². The lowest BCUT2D eigenvalue weighted by molar-refractivity contribution is 0.677. The number of hydrogen-bond acceptors (Lipinski definition) is 3. The molecule has 1 aromatic carbocycles. The maximum absolute atomic E-state index is 4.67. The zero-order chi connectivity index (χ0) is 10.1. The number of thiazole rings is 1. The lowest BCUT2D eigenvalue weighted by atomic mass is 10.1. The van der Waals surface area contributed by atoms with Gasteiger partial charge in [0.15, 0.2) is 5.13 Å². The maximum Gasteiger partial charge on any atom is 0.186 e. The van der Waals surface area contributed by atoms with Crippen molar-refractivity contribution in [3.05, 3.63) is 30.7 Å². The average Bonchev–Trinajstić information content (AvgIpc) is 2.74. The highest BCUT2D eigenvalue weighted by molar-refractivity contribution is 7.22. The monoisotopic (exact) mass is 217 g/mol. The molecule has 0 N–H and O–H groups in total. The van der Waals surface area contributed by atoms with Crippen molar-refractivity contribution in [3.63, 3.8) is 0 Å². The van der Waals surface area contributed by atoms with Gasteiger partial charge in [0.2, 0.25) is 0 Å². The van der Waals surface area contributed by atoms with Gasteiger partial charge in [-0.1, -0.05) is 23.5 Å². The van der Waals surface area contributed by atoms with E-state index in [0.29, 0.717) is 0 Å². The van der Waals surface area contributed by atoms with E-state index in [1.807, 2.05) is 0 Å². The highest BCUT2D eigenvalue weighted by atomic mass is 32.1. The fraction of sp³-hybridized carbons (Fsp3) is 0.333. The molecule has 0 atom stereocenters. The van der Waals surface area contributed by atoms with Crippen LogP contribution in [0.25, 0.3) is 10.2 Å². The molecule has 3 heteroatoms. The largest absolute Gasteiger partial charge is 0.348 e. The minimum Gasteiger partial charge on any atom is -0.348 e. The van der Waals surface area contributed by atoms with Gasteiger partial charge in [-0.15, -0.1) is 0 Å². The van der Waals surface area contributed by atoms with Gasteiger partial charge < -0.3 is 4.90 Å². The summed E-state index contributed by atoms with van der Waals surface area (Å²) in [6.45, 7) is 2.25. The van der Waals surface area contributed by atoms with Crippen molar-refractivity contribution in [1.82, 2.24) is 4.98 Å². The standard InChI is InChI=1S/C12H13N2S/c1-4-8-14(9-5-1)12-13-10-6-2-3-7-11(10)15-12/h1-3,6-7H,4-5,8-9H2. The molecule has 2 nitrogen and oxygen atoms in total. The Kier molecular flexibility index (Phi) is 2.33. The summed E-state index contributed by atoms with van der Waals surface area (Å²) < 4.78 is 1.29. The molecule has 0 bridgehead atoms. The smallest absolute Gasteiger partial charge is 0.186 e. The molecule has 0 amide bonds. The molecule has 1 fully saturated rings. The Hall–Kier alpha value is -1.09. The van der Waals surface area contributed by atoms with Crippen LogP contribution in [-0.2, 0) is 0 Å². The molecule has 2 aromatic rings. The molecule has 1 radical (unpaired) electrons. The number of para-hydroxylation sites is 1. The van der Waals surface area contributed by atoms with Crippen LogP contribution in [0, 0.1) is 6.42 Å². The summed E-state index contributed by atoms with van der Waals surface area (Å²) in [5.41, 5.74) is 1.13. The van der Waals surface area contributed by atoms with Crippen molar-refractivity contribution in [2.45, 2.75) is 12.8 Å². The van der Waals surface area contributed by atoms with Crippen LogP contribution in [0.5, 0.6) is 0 Å². The molecule has 77 valence electrons. The van der Waals surface area contributed by atoms with Crippen LogP contribution in [0.15, 0.2) is 24.3 Å². The number of benzene rings is 1. The van der Waals surface area contributed by atoms with Crippen LogP contribution in [-0.4, -0.2) is 18.1 Å². The predicted octanol–water partition coefficient (Wildman–Crippen LogP) is 3.10. The zero-order valence-corrected chi connectivity index (χ0v) is 9.33. The topological polar surface area (TPSA) is 16.1 Å². The maximum atomic E-state index is 4.67. The van der Waals surface area contributed by atoms with Gasteiger partial charge in [-0.05, 0) is 31.4 Å². The Bertz CT molecular complexity index is 424. The van der Waals surface area contributed by atoms with Crippen molar-refractivity contribution in [1.29, 1.82) is 0 Å². The second-order valence-electron chi connectivity index (χ2n) is 3.82. The van der Waals surface area contributed by atoms with Gasteiger partial charge in [0, 0.05) is 13.1 Å². The molecule has 1 aliphatic rings. The summed E-state index contributed by atoms with van der Waals surface area (Å²) in [4.78, 5) is 7.06. The number of nitrogens with zero attached hydrogens (tertiary/aromatic N) is 2. The number of piperidine rings is 1. The quantitative estimate of drug-likeness (QED) is 0.729. The van der Waals surface area contributed by atoms with Gasteiger partial charge in [-0.3, -0.25) is 0 Å². The average molecular weight is 217 g/mol. The van der Waals surface area contributed by atoms with E-state index in [4.69, 9.17) is 0 Å². The van der Waals surface area contributed by atoms with Gasteiger partial charge in [-0.2, -0.15) is 0 Å². The summed E-state index contributed by atoms with van der Waals surface area (Å²) in [5, 5.41) is 1.18. The Labute approximate surface area is 93.6 Å². The van der Waals surface area contributed by atoms with Crippen molar-refractivity contribution >= 4 is 26.7 Å². The Morgan fingerprint density at radius 2 is 1.93 bits per heavy atom. The lowest BCUT2D eigenvalue weighted by Gasteiger charge is -2.25. The van der Waals surface area contributed by atoms with Crippen LogP contribution in [0.4, 0.5) is 5.13 Å². The summed E-state index contributed by atoms with van der Waals surface area (Å²) in [7, 11) is 0. The molecule has 3 rings (SSSR count). The van der Waals surface area contributed by atoms with Gasteiger partial charge in [-0.25, -0.2) is 4.98 Å². The fourth-order valence-corrected chi connectivity index (χ4v) is 2.95. The molecule has 1 aromatic heterocycles. The van der Waals surface area contributed by atoms with Gasteiger partial charge in [0.05, 0.1) is 10.2 Å². The number of hydrogen-bond donors (Lipinski definition) is 0. The van der Waals surface area contributed by atoms with E-state index in [1.54, 1.807) is 11.3 Å². The van der Waals surface area contributed by atoms with Gasteiger partial charge in [0.25, 0.3) is 0 Å². The molecule has 15 heavy (non-hydrogen) atoms. The molecule has 0 aliphatic carbocycles. The van der Waals surface area contributed by atoms with Crippen LogP contribution < -0.4 is 4.90 Å². The van der Waals surface area contributed by atoms with Crippen LogP contribution >= 0.6 is 11.3 Å². The normalized spacial score (nSPS) is 17.2. The van der Waals surface area contributed by atoms with Crippen molar-refractivity contribution < 1.29 is 0 Å². The summed E-state index contributed by atoms with van der Waals surface area (Å²) in [6, 6.07) is 8.36. The summed E-state index contributed by atoms with van der Waals surface area (Å²) >= 11 is 1.80. The van der Waals surface area contributed by atoms with E-state index in [-0.39, 0.29) is 0 Å². The molecule has 0 spiro atoms. The molecule has 2 heterocycles. The third-order valence-electron chi connectivity index (χ3n) is 2.76. The van der Waals surface area contributed by atoms with E-state index in [2.05, 4.69) is 40.6 Å². The second-order valence-corrected chi connectivity index (χ2v) is 4.83. The zero-order valence-electron chi connectivity index (χ0n) is 8.52. The molecular formula is C12H13N2S. The first kappa shape index (κ1) is 9.16. The Balaban J connectivity index is 1.96. The molecule has 1 aliphatic heterocycles. The van der Waals surface area contributed by atoms with Crippen LogP contribution in [0.1, 0.15) is 12.8 Å². The highest BCUT2D eigenvalue weighted by Gasteiger charge is 2.14. The molecule has 1 saturated heterocycles. The number of anilines is 1. The summed E-state index contributed by atoms with van der Waals surface area (Å²) in [6.07, 6.45) is 4.75. The van der Waals surface area contributed by atoms with Gasteiger partial charge >= 0.3 is 0 Å². The number of rotatable bonds is 1. The van der Waals surface area contributed by atoms with E-state index in [1.165, 1.54) is 22.7 Å². The third kappa shape index (κ3) is 1.72. The minimum absolute atomic E-state index is 1.12. The van der Waals surface area contributed by atoms with E-state index >= 15 is 0 Å². The third-order valence-corrected chi connectivity index (χ3v) is 3.86. The first-order valence-corrected chi connectivity index (χ1v) is 6.17. The first-order valence-electron chi connectivity index (χ1n) is 5.36. The fourth-order valence-electron chi connectivity index (χ4n) is 1.94. The lowest BCUT2D eigenvalue weighted by Crippen LogP contribution is -2.29. The van der Waals surface area contributed by atoms with E-state index in [0.717, 1.165) is 18.6 Å². The molecular weight excluding hydrogens is 204 g/mol. The predicted molar refractivity (Wildman–Crippen MR) is 65.4 cm³/mol. The summed E-state index contributed by atoms with van der Waals surface area (Å²) in [5.74, 6) is 0. The Morgan fingerprint density at radius 1 is 1.13 bits per heavy atom. The molecule has 0 unspecified atom stereocenters. The van der Waals surface area contributed by atoms with Crippen LogP contribution in [0.3, 0.4) is 0 Å². The van der Waals surface area contributed by atoms with Crippen molar-refractivity contribution in [3.8, 4) is 0 Å². The first-order chi connectivity index (χ1) is 7.43. The Morgan fingerprint density at radius 3 is 2.73 bits per heavy atom. The van der Waals surface area contributed by atoms with Crippen molar-refractivity contribution in [2.75, 3.05) is 18.0 Å². The van der Waals surface area contributed by atoms with Gasteiger partial charge in [0.1, 0.15) is 0 Å². The minimum atomic E-state index is 1.12. The van der Waals surface area contributed by atoms with E-state index < -0.39 is 0 Å². The number of aromatic nitrogens is 1. The van der Waals surface area contributed by atoms with Crippen LogP contribution in [0.2, 0.25) is 0 Å².